The van der Waals surface area contributed by atoms with E-state index in [1.54, 1.807) is 0 Å². The molecular formula is C14H22N2. The van der Waals surface area contributed by atoms with Crippen molar-refractivity contribution in [1.29, 1.82) is 0 Å². The van der Waals surface area contributed by atoms with E-state index >= 15 is 0 Å². The molecule has 0 N–H and O–H groups in total. The number of hydrogen-bond acceptors (Lipinski definition) is 2. The molecule has 1 heterocycles. The van der Waals surface area contributed by atoms with Gasteiger partial charge in [-0.15, -0.1) is 0 Å². The molecule has 0 aliphatic carbocycles. The van der Waals surface area contributed by atoms with E-state index in [-0.39, 0.29) is 0 Å². The predicted octanol–water partition coefficient (Wildman–Crippen LogP) is 3.04. The van der Waals surface area contributed by atoms with E-state index in [2.05, 4.69) is 48.1 Å². The lowest BCUT2D eigenvalue weighted by Gasteiger charge is -2.39. The Morgan fingerprint density at radius 3 is 1.69 bits per heavy atom. The number of rotatable bonds is 4. The second-order valence-electron chi connectivity index (χ2n) is 4.55. The first-order chi connectivity index (χ1) is 7.85. The summed E-state index contributed by atoms with van der Waals surface area (Å²) in [5.41, 5.74) is 3.01. The maximum Gasteiger partial charge on any atom is 0.0387 e. The Bertz CT molecular complexity index is 302. The standard InChI is InChI=1S/C14H22N2/c1-3-9-15-11-13-7-5-6-8-14(13)12-16(15)10-4-2/h5-8H,3-4,9-12H2,1-2H3. The lowest BCUT2D eigenvalue weighted by Crippen LogP contribution is -2.45. The van der Waals surface area contributed by atoms with E-state index in [0.717, 1.165) is 13.1 Å². The fourth-order valence-corrected chi connectivity index (χ4v) is 2.42. The summed E-state index contributed by atoms with van der Waals surface area (Å²) >= 11 is 0. The topological polar surface area (TPSA) is 6.48 Å². The van der Waals surface area contributed by atoms with Crippen molar-refractivity contribution in [2.24, 2.45) is 0 Å². The van der Waals surface area contributed by atoms with Crippen LogP contribution >= 0.6 is 0 Å². The second kappa shape index (κ2) is 5.46. The second-order valence-corrected chi connectivity index (χ2v) is 4.55. The molecule has 16 heavy (non-hydrogen) atoms. The van der Waals surface area contributed by atoms with Crippen molar-refractivity contribution in [3.8, 4) is 0 Å². The summed E-state index contributed by atoms with van der Waals surface area (Å²) in [6, 6.07) is 8.83. The highest BCUT2D eigenvalue weighted by Crippen LogP contribution is 2.22. The van der Waals surface area contributed by atoms with Gasteiger partial charge in [-0.3, -0.25) is 0 Å². The van der Waals surface area contributed by atoms with Crippen LogP contribution in [-0.4, -0.2) is 23.1 Å². The third-order valence-corrected chi connectivity index (χ3v) is 3.19. The quantitative estimate of drug-likeness (QED) is 0.766. The number of benzene rings is 1. The third kappa shape index (κ3) is 2.45. The number of fused-ring (bicyclic) bond motifs is 1. The average Bonchev–Trinajstić information content (AvgIpc) is 2.30. The monoisotopic (exact) mass is 218 g/mol. The molecule has 0 atom stereocenters. The summed E-state index contributed by atoms with van der Waals surface area (Å²) in [7, 11) is 0. The van der Waals surface area contributed by atoms with E-state index in [4.69, 9.17) is 0 Å². The summed E-state index contributed by atoms with van der Waals surface area (Å²) in [6.45, 7) is 9.03. The highest BCUT2D eigenvalue weighted by atomic mass is 15.6. The van der Waals surface area contributed by atoms with E-state index in [1.807, 2.05) is 0 Å². The van der Waals surface area contributed by atoms with Gasteiger partial charge in [0.25, 0.3) is 0 Å². The zero-order valence-corrected chi connectivity index (χ0v) is 10.4. The maximum atomic E-state index is 2.51. The third-order valence-electron chi connectivity index (χ3n) is 3.19. The van der Waals surface area contributed by atoms with Gasteiger partial charge >= 0.3 is 0 Å². The Kier molecular flexibility index (Phi) is 3.97. The summed E-state index contributed by atoms with van der Waals surface area (Å²) < 4.78 is 0. The van der Waals surface area contributed by atoms with Crippen LogP contribution in [0.1, 0.15) is 37.8 Å². The molecule has 1 aromatic carbocycles. The normalized spacial score (nSPS) is 17.4. The van der Waals surface area contributed by atoms with Crippen LogP contribution in [0, 0.1) is 0 Å². The zero-order chi connectivity index (χ0) is 11.4. The van der Waals surface area contributed by atoms with Crippen LogP contribution in [0.3, 0.4) is 0 Å². The minimum absolute atomic E-state index is 1.09. The van der Waals surface area contributed by atoms with Gasteiger partial charge in [0, 0.05) is 26.2 Å². The van der Waals surface area contributed by atoms with Crippen LogP contribution in [0.15, 0.2) is 24.3 Å². The smallest absolute Gasteiger partial charge is 0.0387 e. The van der Waals surface area contributed by atoms with Crippen molar-refractivity contribution >= 4 is 0 Å². The minimum atomic E-state index is 1.09. The molecule has 1 aliphatic heterocycles. The molecule has 0 saturated carbocycles. The summed E-state index contributed by atoms with van der Waals surface area (Å²) in [6.07, 6.45) is 2.45. The lowest BCUT2D eigenvalue weighted by atomic mass is 10.0. The molecule has 0 radical (unpaired) electrons. The molecule has 0 bridgehead atoms. The van der Waals surface area contributed by atoms with E-state index in [1.165, 1.54) is 37.1 Å². The predicted molar refractivity (Wildman–Crippen MR) is 67.8 cm³/mol. The van der Waals surface area contributed by atoms with Crippen molar-refractivity contribution in [2.75, 3.05) is 13.1 Å². The van der Waals surface area contributed by atoms with Crippen molar-refractivity contribution in [3.63, 3.8) is 0 Å². The molecule has 0 fully saturated rings. The van der Waals surface area contributed by atoms with Gasteiger partial charge in [0.15, 0.2) is 0 Å². The summed E-state index contributed by atoms with van der Waals surface area (Å²) in [4.78, 5) is 0. The van der Waals surface area contributed by atoms with Crippen molar-refractivity contribution in [3.05, 3.63) is 35.4 Å². The Labute approximate surface area is 98.8 Å². The van der Waals surface area contributed by atoms with Crippen LogP contribution in [0.4, 0.5) is 0 Å². The molecule has 0 saturated heterocycles. The molecule has 0 spiro atoms. The molecule has 0 aromatic heterocycles. The Hall–Kier alpha value is -0.860. The zero-order valence-electron chi connectivity index (χ0n) is 10.4. The Morgan fingerprint density at radius 2 is 1.31 bits per heavy atom. The molecule has 0 amide bonds. The summed E-state index contributed by atoms with van der Waals surface area (Å²) in [5, 5.41) is 5.01. The first kappa shape index (κ1) is 11.6. The van der Waals surface area contributed by atoms with Crippen LogP contribution in [-0.2, 0) is 13.1 Å². The molecule has 1 aromatic rings. The molecule has 2 nitrogen and oxygen atoms in total. The minimum Gasteiger partial charge on any atom is -0.237 e. The SMILES string of the molecule is CCCN1Cc2ccccc2CN1CCC. The van der Waals surface area contributed by atoms with E-state index in [9.17, 15) is 0 Å². The molecule has 0 unspecified atom stereocenters. The van der Waals surface area contributed by atoms with E-state index in [0.29, 0.717) is 0 Å². The van der Waals surface area contributed by atoms with E-state index < -0.39 is 0 Å². The van der Waals surface area contributed by atoms with Gasteiger partial charge in [0.2, 0.25) is 0 Å². The summed E-state index contributed by atoms with van der Waals surface area (Å²) in [5.74, 6) is 0. The molecule has 2 rings (SSSR count). The first-order valence-corrected chi connectivity index (χ1v) is 6.41. The van der Waals surface area contributed by atoms with Gasteiger partial charge in [-0.25, -0.2) is 10.0 Å². The molecule has 1 aliphatic rings. The van der Waals surface area contributed by atoms with Crippen molar-refractivity contribution in [1.82, 2.24) is 10.0 Å². The largest absolute Gasteiger partial charge is 0.237 e. The maximum absolute atomic E-state index is 2.51. The Morgan fingerprint density at radius 1 is 0.875 bits per heavy atom. The number of nitrogens with zero attached hydrogens (tertiary/aromatic N) is 2. The van der Waals surface area contributed by atoms with Gasteiger partial charge in [-0.05, 0) is 24.0 Å². The number of hydrazine groups is 1. The average molecular weight is 218 g/mol. The fraction of sp³-hybridized carbons (Fsp3) is 0.571. The lowest BCUT2D eigenvalue weighted by molar-refractivity contribution is -0.0522. The van der Waals surface area contributed by atoms with Crippen LogP contribution in [0.5, 0.6) is 0 Å². The van der Waals surface area contributed by atoms with Gasteiger partial charge < -0.3 is 0 Å². The molecular weight excluding hydrogens is 196 g/mol. The first-order valence-electron chi connectivity index (χ1n) is 6.41. The van der Waals surface area contributed by atoms with Crippen LogP contribution in [0.2, 0.25) is 0 Å². The van der Waals surface area contributed by atoms with Gasteiger partial charge in [0.1, 0.15) is 0 Å². The Balaban J connectivity index is 2.15. The van der Waals surface area contributed by atoms with Gasteiger partial charge in [-0.1, -0.05) is 38.1 Å². The number of hydrogen-bond donors (Lipinski definition) is 0. The fourth-order valence-electron chi connectivity index (χ4n) is 2.42. The molecule has 2 heteroatoms. The van der Waals surface area contributed by atoms with Crippen molar-refractivity contribution in [2.45, 2.75) is 39.8 Å². The van der Waals surface area contributed by atoms with Gasteiger partial charge in [-0.2, -0.15) is 0 Å². The van der Waals surface area contributed by atoms with Crippen LogP contribution < -0.4 is 0 Å². The highest BCUT2D eigenvalue weighted by molar-refractivity contribution is 5.28. The molecule has 88 valence electrons. The van der Waals surface area contributed by atoms with Gasteiger partial charge in [0.05, 0.1) is 0 Å². The highest BCUT2D eigenvalue weighted by Gasteiger charge is 2.21. The van der Waals surface area contributed by atoms with Crippen molar-refractivity contribution < 1.29 is 0 Å². The van der Waals surface area contributed by atoms with Crippen LogP contribution in [0.25, 0.3) is 0 Å².